The summed E-state index contributed by atoms with van der Waals surface area (Å²) in [7, 11) is 0. The smallest absolute Gasteiger partial charge is 0.231 e. The molecule has 104 valence electrons. The Balaban J connectivity index is 1.49. The summed E-state index contributed by atoms with van der Waals surface area (Å²) in [6, 6.07) is 14.6. The molecule has 1 heterocycles. The Morgan fingerprint density at radius 2 is 1.90 bits per heavy atom. The summed E-state index contributed by atoms with van der Waals surface area (Å²) >= 11 is 0. The molecule has 1 aliphatic rings. The van der Waals surface area contributed by atoms with Gasteiger partial charge in [0.25, 0.3) is 0 Å². The zero-order valence-electron chi connectivity index (χ0n) is 11.7. The van der Waals surface area contributed by atoms with Crippen LogP contribution in [0.4, 0.5) is 0 Å². The van der Waals surface area contributed by atoms with Crippen LogP contribution in [0.1, 0.15) is 16.7 Å². The van der Waals surface area contributed by atoms with Crippen LogP contribution in [0.5, 0.6) is 11.5 Å². The summed E-state index contributed by atoms with van der Waals surface area (Å²) in [4.78, 5) is 0. The molecule has 0 fully saturated rings. The molecular weight excluding hydrogens is 250 g/mol. The molecule has 0 unspecified atom stereocenters. The molecule has 0 aromatic heterocycles. The van der Waals surface area contributed by atoms with E-state index in [1.54, 1.807) is 0 Å². The second kappa shape index (κ2) is 5.97. The molecule has 1 aliphatic heterocycles. The Labute approximate surface area is 119 Å². The third kappa shape index (κ3) is 2.94. The van der Waals surface area contributed by atoms with E-state index in [1.807, 2.05) is 12.1 Å². The quantitative estimate of drug-likeness (QED) is 0.846. The maximum atomic E-state index is 5.38. The minimum Gasteiger partial charge on any atom is -0.454 e. The molecule has 0 amide bonds. The minimum absolute atomic E-state index is 0.333. The first kappa shape index (κ1) is 13.0. The van der Waals surface area contributed by atoms with Gasteiger partial charge in [-0.05, 0) is 48.7 Å². The Bertz CT molecular complexity index is 595. The van der Waals surface area contributed by atoms with Gasteiger partial charge in [-0.2, -0.15) is 0 Å². The first-order valence-corrected chi connectivity index (χ1v) is 6.97. The molecule has 0 bridgehead atoms. The van der Waals surface area contributed by atoms with Gasteiger partial charge in [0.05, 0.1) is 0 Å². The van der Waals surface area contributed by atoms with Crippen LogP contribution in [0.15, 0.2) is 42.5 Å². The fourth-order valence-corrected chi connectivity index (χ4v) is 2.40. The zero-order chi connectivity index (χ0) is 13.8. The molecule has 0 spiro atoms. The number of nitrogens with one attached hydrogen (secondary N) is 1. The van der Waals surface area contributed by atoms with E-state index < -0.39 is 0 Å². The Hall–Kier alpha value is -2.00. The van der Waals surface area contributed by atoms with Gasteiger partial charge in [0.1, 0.15) is 0 Å². The Morgan fingerprint density at radius 3 is 2.80 bits per heavy atom. The molecule has 3 heteroatoms. The largest absolute Gasteiger partial charge is 0.454 e. The molecule has 0 aliphatic carbocycles. The highest BCUT2D eigenvalue weighted by Crippen LogP contribution is 2.32. The fraction of sp³-hybridized carbons (Fsp3) is 0.294. The molecule has 0 saturated carbocycles. The van der Waals surface area contributed by atoms with Crippen molar-refractivity contribution < 1.29 is 9.47 Å². The number of benzene rings is 2. The molecule has 3 nitrogen and oxygen atoms in total. The molecule has 2 aromatic carbocycles. The van der Waals surface area contributed by atoms with Crippen LogP contribution in [0.2, 0.25) is 0 Å². The van der Waals surface area contributed by atoms with Gasteiger partial charge in [-0.3, -0.25) is 0 Å². The van der Waals surface area contributed by atoms with Crippen LogP contribution >= 0.6 is 0 Å². The molecule has 20 heavy (non-hydrogen) atoms. The minimum atomic E-state index is 0.333. The first-order valence-electron chi connectivity index (χ1n) is 6.97. The van der Waals surface area contributed by atoms with Gasteiger partial charge in [-0.25, -0.2) is 0 Å². The van der Waals surface area contributed by atoms with Gasteiger partial charge in [0.15, 0.2) is 11.5 Å². The maximum absolute atomic E-state index is 5.38. The topological polar surface area (TPSA) is 30.5 Å². The van der Waals surface area contributed by atoms with Crippen LogP contribution < -0.4 is 14.8 Å². The van der Waals surface area contributed by atoms with Crippen molar-refractivity contribution in [2.45, 2.75) is 19.9 Å². The van der Waals surface area contributed by atoms with Gasteiger partial charge in [0, 0.05) is 6.54 Å². The summed E-state index contributed by atoms with van der Waals surface area (Å²) in [6.07, 6.45) is 1.05. The first-order chi connectivity index (χ1) is 9.83. The Kier molecular flexibility index (Phi) is 3.88. The lowest BCUT2D eigenvalue weighted by Gasteiger charge is -2.08. The van der Waals surface area contributed by atoms with Gasteiger partial charge in [-0.15, -0.1) is 0 Å². The molecular formula is C17H19NO2. The van der Waals surface area contributed by atoms with Crippen molar-refractivity contribution in [3.05, 3.63) is 59.2 Å². The molecule has 0 radical (unpaired) electrons. The lowest BCUT2D eigenvalue weighted by atomic mass is 10.1. The summed E-state index contributed by atoms with van der Waals surface area (Å²) in [5.41, 5.74) is 3.99. The van der Waals surface area contributed by atoms with Gasteiger partial charge in [-0.1, -0.05) is 30.3 Å². The van der Waals surface area contributed by atoms with Crippen molar-refractivity contribution in [3.63, 3.8) is 0 Å². The second-order valence-electron chi connectivity index (χ2n) is 5.04. The number of fused-ring (bicyclic) bond motifs is 1. The monoisotopic (exact) mass is 269 g/mol. The van der Waals surface area contributed by atoms with Crippen LogP contribution in [0.25, 0.3) is 0 Å². The van der Waals surface area contributed by atoms with E-state index in [9.17, 15) is 0 Å². The van der Waals surface area contributed by atoms with Crippen molar-refractivity contribution in [1.29, 1.82) is 0 Å². The molecule has 1 N–H and O–H groups in total. The highest BCUT2D eigenvalue weighted by molar-refractivity contribution is 5.44. The van der Waals surface area contributed by atoms with E-state index in [0.29, 0.717) is 6.79 Å². The van der Waals surface area contributed by atoms with E-state index in [0.717, 1.165) is 31.0 Å². The van der Waals surface area contributed by atoms with Crippen molar-refractivity contribution >= 4 is 0 Å². The number of aryl methyl sites for hydroxylation is 1. The van der Waals surface area contributed by atoms with Gasteiger partial charge >= 0.3 is 0 Å². The van der Waals surface area contributed by atoms with E-state index in [1.165, 1.54) is 16.7 Å². The SMILES string of the molecule is Cc1ccccc1CCNCc1ccc2c(c1)OCO2. The third-order valence-electron chi connectivity index (χ3n) is 3.60. The predicted molar refractivity (Wildman–Crippen MR) is 79.2 cm³/mol. The molecule has 3 rings (SSSR count). The van der Waals surface area contributed by atoms with E-state index in [4.69, 9.17) is 9.47 Å². The zero-order valence-corrected chi connectivity index (χ0v) is 11.7. The van der Waals surface area contributed by atoms with Crippen molar-refractivity contribution in [2.75, 3.05) is 13.3 Å². The van der Waals surface area contributed by atoms with Crippen LogP contribution in [0, 0.1) is 6.92 Å². The summed E-state index contributed by atoms with van der Waals surface area (Å²) in [6.45, 7) is 4.31. The number of hydrogen-bond donors (Lipinski definition) is 1. The average Bonchev–Trinajstić information content (AvgIpc) is 2.93. The number of rotatable bonds is 5. The highest BCUT2D eigenvalue weighted by atomic mass is 16.7. The normalized spacial score (nSPS) is 12.7. The lowest BCUT2D eigenvalue weighted by Crippen LogP contribution is -2.17. The van der Waals surface area contributed by atoms with E-state index in [2.05, 4.69) is 42.6 Å². The summed E-state index contributed by atoms with van der Waals surface area (Å²) < 4.78 is 10.7. The van der Waals surface area contributed by atoms with E-state index >= 15 is 0 Å². The number of hydrogen-bond acceptors (Lipinski definition) is 3. The lowest BCUT2D eigenvalue weighted by molar-refractivity contribution is 0.174. The summed E-state index contributed by atoms with van der Waals surface area (Å²) in [5.74, 6) is 1.69. The average molecular weight is 269 g/mol. The maximum Gasteiger partial charge on any atom is 0.231 e. The molecule has 0 atom stereocenters. The van der Waals surface area contributed by atoms with Crippen molar-refractivity contribution in [2.24, 2.45) is 0 Å². The highest BCUT2D eigenvalue weighted by Gasteiger charge is 2.12. The fourth-order valence-electron chi connectivity index (χ4n) is 2.40. The predicted octanol–water partition coefficient (Wildman–Crippen LogP) is 3.06. The Morgan fingerprint density at radius 1 is 1.05 bits per heavy atom. The van der Waals surface area contributed by atoms with Gasteiger partial charge < -0.3 is 14.8 Å². The molecule has 0 saturated heterocycles. The second-order valence-corrected chi connectivity index (χ2v) is 5.04. The standard InChI is InChI=1S/C17H19NO2/c1-13-4-2-3-5-15(13)8-9-18-11-14-6-7-16-17(10-14)20-12-19-16/h2-7,10,18H,8-9,11-12H2,1H3. The third-order valence-corrected chi connectivity index (χ3v) is 3.60. The number of ether oxygens (including phenoxy) is 2. The molecule has 2 aromatic rings. The summed E-state index contributed by atoms with van der Waals surface area (Å²) in [5, 5.41) is 3.47. The van der Waals surface area contributed by atoms with Crippen LogP contribution in [-0.4, -0.2) is 13.3 Å². The van der Waals surface area contributed by atoms with E-state index in [-0.39, 0.29) is 0 Å². The van der Waals surface area contributed by atoms with Crippen LogP contribution in [0.3, 0.4) is 0 Å². The van der Waals surface area contributed by atoms with Crippen molar-refractivity contribution in [3.8, 4) is 11.5 Å². The van der Waals surface area contributed by atoms with Crippen molar-refractivity contribution in [1.82, 2.24) is 5.32 Å². The van der Waals surface area contributed by atoms with Gasteiger partial charge in [0.2, 0.25) is 6.79 Å². The van der Waals surface area contributed by atoms with Crippen LogP contribution in [-0.2, 0) is 13.0 Å².